The van der Waals surface area contributed by atoms with Crippen LogP contribution in [-0.4, -0.2) is 90.9 Å². The SMILES string of the molecule is COC[C@@H]1NC(=O)CC/C=C\CN(c2ccccc2Cl)C(=O)[C@H]2N(CCCCCO)C(=O)[C@@H]3[C@@H](C(=O)O[C@H]1c1ccccc1)[C@H]1C=C[C@]32O1. The van der Waals surface area contributed by atoms with E-state index >= 15 is 0 Å². The number of methoxy groups -OCH3 is 1. The Balaban J connectivity index is 1.44. The van der Waals surface area contributed by atoms with Crippen LogP contribution < -0.4 is 10.2 Å². The highest BCUT2D eigenvalue weighted by Crippen LogP contribution is 2.56. The molecule has 2 N–H and O–H groups in total. The second-order valence-corrected chi connectivity index (χ2v) is 13.2. The van der Waals surface area contributed by atoms with Crippen molar-refractivity contribution in [3.05, 3.63) is 89.5 Å². The molecule has 0 unspecified atom stereocenters. The number of fused-ring (bicyclic) bond motifs is 2. The van der Waals surface area contributed by atoms with E-state index in [0.29, 0.717) is 42.0 Å². The summed E-state index contributed by atoms with van der Waals surface area (Å²) >= 11 is 6.64. The number of aliphatic hydroxyl groups excluding tert-OH is 1. The van der Waals surface area contributed by atoms with Gasteiger partial charge in [0.15, 0.2) is 0 Å². The summed E-state index contributed by atoms with van der Waals surface area (Å²) in [6.07, 6.45) is 7.69. The second kappa shape index (κ2) is 15.2. The van der Waals surface area contributed by atoms with E-state index in [1.807, 2.05) is 42.5 Å². The number of likely N-dealkylation sites (tertiary alicyclic amines) is 1. The zero-order chi connectivity index (χ0) is 34.5. The first-order valence-electron chi connectivity index (χ1n) is 16.8. The van der Waals surface area contributed by atoms with Gasteiger partial charge in [0.2, 0.25) is 11.8 Å². The lowest BCUT2D eigenvalue weighted by molar-refractivity contribution is -0.162. The number of halogens is 1. The maximum Gasteiger partial charge on any atom is 0.313 e. The van der Waals surface area contributed by atoms with Gasteiger partial charge < -0.3 is 34.4 Å². The van der Waals surface area contributed by atoms with Crippen molar-refractivity contribution < 1.29 is 38.5 Å². The summed E-state index contributed by atoms with van der Waals surface area (Å²) in [6, 6.07) is 14.3. The third-order valence-corrected chi connectivity index (χ3v) is 10.1. The number of allylic oxidation sites excluding steroid dienone is 1. The van der Waals surface area contributed by atoms with Crippen molar-refractivity contribution >= 4 is 41.0 Å². The minimum absolute atomic E-state index is 0.0179. The third-order valence-electron chi connectivity index (χ3n) is 9.77. The molecule has 12 heteroatoms. The smallest absolute Gasteiger partial charge is 0.313 e. The average Bonchev–Trinajstić information content (AvgIpc) is 3.74. The third kappa shape index (κ3) is 6.77. The fourth-order valence-corrected chi connectivity index (χ4v) is 7.80. The first-order valence-corrected chi connectivity index (χ1v) is 17.2. The maximum atomic E-state index is 14.9. The number of benzene rings is 2. The number of esters is 1. The van der Waals surface area contributed by atoms with E-state index in [4.69, 9.17) is 25.8 Å². The summed E-state index contributed by atoms with van der Waals surface area (Å²) in [6.45, 7) is 0.438. The van der Waals surface area contributed by atoms with Gasteiger partial charge >= 0.3 is 5.97 Å². The standard InChI is InChI=1S/C37H42ClN3O8/c1-47-23-26-32(24-13-5-2-6-14-24)48-36(46)30-28-18-19-37(49-28)31(30)34(44)41(21-11-4-12-22-42)33(37)35(45)40(27-16-9-8-15-25(27)38)20-10-3-7-17-29(43)39-26/h2-3,5-6,8-10,13-16,18-19,26,28,30-33,42H,4,7,11-12,17,20-23H2,1H3,(H,39,43)/b10-3-/t26-,28+,30-,31-,32-,33+,37-/m0/s1. The number of hydrogen-bond acceptors (Lipinski definition) is 8. The van der Waals surface area contributed by atoms with Crippen molar-refractivity contribution in [3.8, 4) is 0 Å². The van der Waals surface area contributed by atoms with Crippen LogP contribution in [0.15, 0.2) is 78.9 Å². The van der Waals surface area contributed by atoms with E-state index in [1.54, 1.807) is 36.4 Å². The number of para-hydroxylation sites is 1. The lowest BCUT2D eigenvalue weighted by atomic mass is 9.74. The number of nitrogens with one attached hydrogen (secondary N) is 1. The van der Waals surface area contributed by atoms with Gasteiger partial charge in [-0.25, -0.2) is 0 Å². The number of aliphatic hydroxyl groups is 1. The Bertz CT molecular complexity index is 1600. The number of carbonyl (C=O) groups excluding carboxylic acids is 4. The van der Waals surface area contributed by atoms with E-state index in [-0.39, 0.29) is 44.5 Å². The molecular formula is C37H42ClN3O8. The number of cyclic esters (lactones) is 1. The molecule has 11 nitrogen and oxygen atoms in total. The summed E-state index contributed by atoms with van der Waals surface area (Å²) in [5, 5.41) is 12.7. The minimum atomic E-state index is -1.42. The minimum Gasteiger partial charge on any atom is -0.455 e. The van der Waals surface area contributed by atoms with Gasteiger partial charge in [0.25, 0.3) is 5.91 Å². The summed E-state index contributed by atoms with van der Waals surface area (Å²) in [7, 11) is 1.51. The van der Waals surface area contributed by atoms with Crippen molar-refractivity contribution in [2.75, 3.05) is 38.3 Å². The van der Waals surface area contributed by atoms with Crippen LogP contribution in [0, 0.1) is 11.8 Å². The first kappa shape index (κ1) is 34.8. The number of hydrogen-bond donors (Lipinski definition) is 2. The molecule has 49 heavy (non-hydrogen) atoms. The number of ether oxygens (including phenoxy) is 3. The molecule has 5 bridgehead atoms. The summed E-state index contributed by atoms with van der Waals surface area (Å²) in [5.41, 5.74) is -0.307. The molecule has 4 heterocycles. The van der Waals surface area contributed by atoms with Crippen molar-refractivity contribution in [2.24, 2.45) is 11.8 Å². The van der Waals surface area contributed by atoms with Crippen LogP contribution >= 0.6 is 11.6 Å². The van der Waals surface area contributed by atoms with Crippen LogP contribution in [0.2, 0.25) is 5.02 Å². The highest BCUT2D eigenvalue weighted by atomic mass is 35.5. The lowest BCUT2D eigenvalue weighted by Crippen LogP contribution is -2.56. The molecule has 6 rings (SSSR count). The van der Waals surface area contributed by atoms with E-state index in [2.05, 4.69) is 5.32 Å². The molecule has 2 aromatic rings. The van der Waals surface area contributed by atoms with Crippen molar-refractivity contribution in [3.63, 3.8) is 0 Å². The fourth-order valence-electron chi connectivity index (χ4n) is 7.56. The molecule has 2 fully saturated rings. The van der Waals surface area contributed by atoms with Gasteiger partial charge in [0.05, 0.1) is 35.4 Å². The molecule has 4 aliphatic rings. The fraction of sp³-hybridized carbons (Fsp3) is 0.459. The van der Waals surface area contributed by atoms with E-state index in [1.165, 1.54) is 16.9 Å². The summed E-state index contributed by atoms with van der Waals surface area (Å²) in [4.78, 5) is 60.0. The molecule has 2 saturated heterocycles. The van der Waals surface area contributed by atoms with Crippen LogP contribution in [0.4, 0.5) is 5.69 Å². The van der Waals surface area contributed by atoms with Gasteiger partial charge in [-0.05, 0) is 43.4 Å². The topological polar surface area (TPSA) is 135 Å². The highest BCUT2D eigenvalue weighted by Gasteiger charge is 2.73. The van der Waals surface area contributed by atoms with Gasteiger partial charge in [-0.1, -0.05) is 78.4 Å². The number of carbonyl (C=O) groups is 4. The number of nitrogens with zero attached hydrogens (tertiary/aromatic N) is 2. The van der Waals surface area contributed by atoms with Gasteiger partial charge in [-0.15, -0.1) is 0 Å². The van der Waals surface area contributed by atoms with Gasteiger partial charge in [0.1, 0.15) is 23.7 Å². The number of anilines is 1. The van der Waals surface area contributed by atoms with Crippen molar-refractivity contribution in [2.45, 2.75) is 62.0 Å². The van der Waals surface area contributed by atoms with Crippen LogP contribution in [0.25, 0.3) is 0 Å². The largest absolute Gasteiger partial charge is 0.455 e. The first-order chi connectivity index (χ1) is 23.8. The van der Waals surface area contributed by atoms with Crippen LogP contribution in [0.5, 0.6) is 0 Å². The summed E-state index contributed by atoms with van der Waals surface area (Å²) < 4.78 is 18.3. The quantitative estimate of drug-likeness (QED) is 0.231. The van der Waals surface area contributed by atoms with Crippen molar-refractivity contribution in [1.29, 1.82) is 0 Å². The molecule has 0 aromatic heterocycles. The zero-order valence-corrected chi connectivity index (χ0v) is 28.2. The Kier molecular flexibility index (Phi) is 10.8. The second-order valence-electron chi connectivity index (χ2n) is 12.8. The zero-order valence-electron chi connectivity index (χ0n) is 27.4. The molecule has 2 aromatic carbocycles. The lowest BCUT2D eigenvalue weighted by Gasteiger charge is -2.36. The van der Waals surface area contributed by atoms with Crippen molar-refractivity contribution in [1.82, 2.24) is 10.2 Å². The molecular weight excluding hydrogens is 650 g/mol. The monoisotopic (exact) mass is 691 g/mol. The molecule has 1 spiro atoms. The Morgan fingerprint density at radius 2 is 1.78 bits per heavy atom. The Labute approximate surface area is 290 Å². The molecule has 7 atom stereocenters. The van der Waals surface area contributed by atoms with Gasteiger partial charge in [-0.2, -0.15) is 0 Å². The van der Waals surface area contributed by atoms with Crippen LogP contribution in [0.1, 0.15) is 43.8 Å². The number of unbranched alkanes of at least 4 members (excludes halogenated alkanes) is 2. The average molecular weight is 692 g/mol. The van der Waals surface area contributed by atoms with Gasteiger partial charge in [0, 0.05) is 33.2 Å². The van der Waals surface area contributed by atoms with E-state index in [9.17, 15) is 24.3 Å². The number of amides is 3. The van der Waals surface area contributed by atoms with E-state index < -0.39 is 53.6 Å². The molecule has 0 saturated carbocycles. The predicted octanol–water partition coefficient (Wildman–Crippen LogP) is 3.75. The maximum absolute atomic E-state index is 14.9. The number of rotatable bonds is 9. The molecule has 260 valence electrons. The molecule has 4 aliphatic heterocycles. The van der Waals surface area contributed by atoms with Crippen LogP contribution in [0.3, 0.4) is 0 Å². The molecule has 3 amide bonds. The highest BCUT2D eigenvalue weighted by molar-refractivity contribution is 6.34. The van der Waals surface area contributed by atoms with Crippen LogP contribution in [-0.2, 0) is 33.4 Å². The van der Waals surface area contributed by atoms with Gasteiger partial charge in [-0.3, -0.25) is 19.2 Å². The molecule has 0 aliphatic carbocycles. The Morgan fingerprint density at radius 1 is 1.00 bits per heavy atom. The normalized spacial score (nSPS) is 30.8. The predicted molar refractivity (Wildman–Crippen MR) is 181 cm³/mol. The molecule has 0 radical (unpaired) electrons. The summed E-state index contributed by atoms with van der Waals surface area (Å²) in [5.74, 6) is -3.76. The Hall–Kier alpha value is -4.03. The Morgan fingerprint density at radius 3 is 2.53 bits per heavy atom. The van der Waals surface area contributed by atoms with E-state index in [0.717, 1.165) is 0 Å².